The molecule has 0 aliphatic carbocycles. The summed E-state index contributed by atoms with van der Waals surface area (Å²) in [5.41, 5.74) is 0.860. The highest BCUT2D eigenvalue weighted by Crippen LogP contribution is 2.30. The number of benzene rings is 1. The Morgan fingerprint density at radius 2 is 1.80 bits per heavy atom. The predicted molar refractivity (Wildman–Crippen MR) is 116 cm³/mol. The Hall–Kier alpha value is -3.27. The Kier molecular flexibility index (Phi) is 6.03. The van der Waals surface area contributed by atoms with E-state index in [-0.39, 0.29) is 11.6 Å². The Balaban J connectivity index is 1.49. The van der Waals surface area contributed by atoms with Crippen LogP contribution in [0.25, 0.3) is 5.82 Å². The SMILES string of the molecule is COc1ccc(NC(=O)c2cn(-c3cc(N4CCSCC4)ncn3)cn2)cc1OC. The number of carbonyl (C=O) groups excluding carboxylic acids is 1. The van der Waals surface area contributed by atoms with E-state index in [1.165, 1.54) is 6.33 Å². The van der Waals surface area contributed by atoms with Crippen molar-refractivity contribution in [2.45, 2.75) is 0 Å². The van der Waals surface area contributed by atoms with E-state index in [1.807, 2.05) is 17.8 Å². The second-order valence-corrected chi connectivity index (χ2v) is 7.75. The van der Waals surface area contributed by atoms with Gasteiger partial charge in [-0.3, -0.25) is 9.36 Å². The van der Waals surface area contributed by atoms with Crippen molar-refractivity contribution in [3.05, 3.63) is 48.8 Å². The maximum absolute atomic E-state index is 12.6. The predicted octanol–water partition coefficient (Wildman–Crippen LogP) is 2.49. The van der Waals surface area contributed by atoms with Gasteiger partial charge in [-0.25, -0.2) is 15.0 Å². The first-order chi connectivity index (χ1) is 14.7. The molecular formula is C20H22N6O3S. The minimum absolute atomic E-state index is 0.277. The van der Waals surface area contributed by atoms with Gasteiger partial charge in [-0.15, -0.1) is 0 Å². The number of rotatable bonds is 6. The van der Waals surface area contributed by atoms with Crippen molar-refractivity contribution in [3.63, 3.8) is 0 Å². The Labute approximate surface area is 178 Å². The standard InChI is InChI=1S/C20H22N6O3S/c1-28-16-4-3-14(9-17(16)29-2)24-20(27)15-11-26(13-23-15)19-10-18(21-12-22-19)25-5-7-30-8-6-25/h3-4,9-13H,5-8H2,1-2H3,(H,24,27). The third-order valence-corrected chi connectivity index (χ3v) is 5.64. The van der Waals surface area contributed by atoms with E-state index in [9.17, 15) is 4.79 Å². The fourth-order valence-corrected chi connectivity index (χ4v) is 4.02. The fraction of sp³-hybridized carbons (Fsp3) is 0.300. The van der Waals surface area contributed by atoms with Gasteiger partial charge in [-0.05, 0) is 12.1 Å². The van der Waals surface area contributed by atoms with Gasteiger partial charge in [-0.1, -0.05) is 0 Å². The molecule has 0 radical (unpaired) electrons. The molecule has 10 heteroatoms. The van der Waals surface area contributed by atoms with Gasteiger partial charge in [0, 0.05) is 48.6 Å². The number of methoxy groups -OCH3 is 2. The zero-order chi connectivity index (χ0) is 20.9. The minimum Gasteiger partial charge on any atom is -0.493 e. The van der Waals surface area contributed by atoms with E-state index in [2.05, 4.69) is 25.2 Å². The molecule has 0 unspecified atom stereocenters. The van der Waals surface area contributed by atoms with E-state index >= 15 is 0 Å². The number of anilines is 2. The third-order valence-electron chi connectivity index (χ3n) is 4.69. The Bertz CT molecular complexity index is 1030. The summed E-state index contributed by atoms with van der Waals surface area (Å²) in [6, 6.07) is 7.08. The van der Waals surface area contributed by atoms with E-state index in [0.717, 1.165) is 30.4 Å². The average molecular weight is 427 g/mol. The minimum atomic E-state index is -0.330. The second kappa shape index (κ2) is 9.04. The lowest BCUT2D eigenvalue weighted by molar-refractivity contribution is 0.102. The van der Waals surface area contributed by atoms with Crippen LogP contribution in [-0.2, 0) is 0 Å². The van der Waals surface area contributed by atoms with Crippen LogP contribution in [0.4, 0.5) is 11.5 Å². The molecule has 1 aromatic carbocycles. The maximum Gasteiger partial charge on any atom is 0.275 e. The molecule has 1 aliphatic rings. The zero-order valence-electron chi connectivity index (χ0n) is 16.7. The molecule has 9 nitrogen and oxygen atoms in total. The number of hydrogen-bond acceptors (Lipinski definition) is 8. The molecule has 1 saturated heterocycles. The van der Waals surface area contributed by atoms with Crippen molar-refractivity contribution in [2.24, 2.45) is 0 Å². The van der Waals surface area contributed by atoms with Crippen molar-refractivity contribution in [2.75, 3.05) is 49.0 Å². The first kappa shape index (κ1) is 20.0. The van der Waals surface area contributed by atoms with Crippen LogP contribution in [0.3, 0.4) is 0 Å². The molecule has 156 valence electrons. The molecule has 1 N–H and O–H groups in total. The first-order valence-corrected chi connectivity index (χ1v) is 10.6. The van der Waals surface area contributed by atoms with Crippen molar-refractivity contribution >= 4 is 29.2 Å². The fourth-order valence-electron chi connectivity index (χ4n) is 3.12. The van der Waals surface area contributed by atoms with Crippen LogP contribution < -0.4 is 19.7 Å². The molecule has 30 heavy (non-hydrogen) atoms. The molecular weight excluding hydrogens is 404 g/mol. The summed E-state index contributed by atoms with van der Waals surface area (Å²) in [5, 5.41) is 2.82. The lowest BCUT2D eigenvalue weighted by atomic mass is 10.2. The Morgan fingerprint density at radius 3 is 2.57 bits per heavy atom. The Morgan fingerprint density at radius 1 is 1.03 bits per heavy atom. The summed E-state index contributed by atoms with van der Waals surface area (Å²) in [4.78, 5) is 27.8. The normalized spacial score (nSPS) is 13.7. The molecule has 4 rings (SSSR count). The number of nitrogens with zero attached hydrogens (tertiary/aromatic N) is 5. The number of aromatic nitrogens is 4. The molecule has 1 amide bonds. The monoisotopic (exact) mass is 426 g/mol. The quantitative estimate of drug-likeness (QED) is 0.643. The first-order valence-electron chi connectivity index (χ1n) is 9.40. The molecule has 1 fully saturated rings. The summed E-state index contributed by atoms with van der Waals surface area (Å²) in [6.07, 6.45) is 4.76. The molecule has 0 saturated carbocycles. The van der Waals surface area contributed by atoms with Crippen LogP contribution >= 0.6 is 11.8 Å². The highest BCUT2D eigenvalue weighted by Gasteiger charge is 2.15. The topological polar surface area (TPSA) is 94.4 Å². The van der Waals surface area contributed by atoms with E-state index in [1.54, 1.807) is 49.5 Å². The van der Waals surface area contributed by atoms with Crippen LogP contribution in [0.15, 0.2) is 43.1 Å². The van der Waals surface area contributed by atoms with Crippen molar-refractivity contribution in [3.8, 4) is 17.3 Å². The van der Waals surface area contributed by atoms with Gasteiger partial charge in [0.05, 0.1) is 14.2 Å². The zero-order valence-corrected chi connectivity index (χ0v) is 17.6. The van der Waals surface area contributed by atoms with Gasteiger partial charge >= 0.3 is 0 Å². The molecule has 0 atom stereocenters. The summed E-state index contributed by atoms with van der Waals surface area (Å²) in [7, 11) is 3.11. The van der Waals surface area contributed by atoms with Crippen molar-refractivity contribution < 1.29 is 14.3 Å². The van der Waals surface area contributed by atoms with E-state index < -0.39 is 0 Å². The molecule has 3 aromatic rings. The van der Waals surface area contributed by atoms with E-state index in [4.69, 9.17) is 9.47 Å². The maximum atomic E-state index is 12.6. The molecule has 2 aromatic heterocycles. The summed E-state index contributed by atoms with van der Waals surface area (Å²) in [5.74, 6) is 4.51. The van der Waals surface area contributed by atoms with Crippen LogP contribution in [0, 0.1) is 0 Å². The van der Waals surface area contributed by atoms with Gasteiger partial charge in [0.25, 0.3) is 5.91 Å². The van der Waals surface area contributed by atoms with Crippen LogP contribution in [0.1, 0.15) is 10.5 Å². The molecule has 0 spiro atoms. The van der Waals surface area contributed by atoms with Gasteiger partial charge in [0.1, 0.15) is 30.0 Å². The van der Waals surface area contributed by atoms with Crippen LogP contribution in [-0.4, -0.2) is 64.2 Å². The number of amides is 1. The summed E-state index contributed by atoms with van der Waals surface area (Å²) >= 11 is 1.95. The lowest BCUT2D eigenvalue weighted by Gasteiger charge is -2.27. The number of imidazole rings is 1. The lowest BCUT2D eigenvalue weighted by Crippen LogP contribution is -2.33. The van der Waals surface area contributed by atoms with Gasteiger partial charge in [-0.2, -0.15) is 11.8 Å². The average Bonchev–Trinajstić information content (AvgIpc) is 3.30. The van der Waals surface area contributed by atoms with Crippen LogP contribution in [0.2, 0.25) is 0 Å². The number of carbonyl (C=O) groups is 1. The highest BCUT2D eigenvalue weighted by molar-refractivity contribution is 7.99. The summed E-state index contributed by atoms with van der Waals surface area (Å²) in [6.45, 7) is 1.92. The van der Waals surface area contributed by atoms with Crippen molar-refractivity contribution in [1.82, 2.24) is 19.5 Å². The number of nitrogens with one attached hydrogen (secondary N) is 1. The molecule has 1 aliphatic heterocycles. The van der Waals surface area contributed by atoms with Gasteiger partial charge < -0.3 is 19.7 Å². The van der Waals surface area contributed by atoms with Gasteiger partial charge in [0.15, 0.2) is 11.5 Å². The molecule has 3 heterocycles. The van der Waals surface area contributed by atoms with Gasteiger partial charge in [0.2, 0.25) is 0 Å². The smallest absolute Gasteiger partial charge is 0.275 e. The number of thioether (sulfide) groups is 1. The summed E-state index contributed by atoms with van der Waals surface area (Å²) < 4.78 is 12.2. The second-order valence-electron chi connectivity index (χ2n) is 6.52. The third kappa shape index (κ3) is 4.33. The molecule has 0 bridgehead atoms. The number of ether oxygens (including phenoxy) is 2. The largest absolute Gasteiger partial charge is 0.493 e. The van der Waals surface area contributed by atoms with E-state index in [0.29, 0.717) is 23.0 Å². The van der Waals surface area contributed by atoms with Crippen molar-refractivity contribution in [1.29, 1.82) is 0 Å². The number of hydrogen-bond donors (Lipinski definition) is 1. The highest BCUT2D eigenvalue weighted by atomic mass is 32.2. The van der Waals surface area contributed by atoms with Crippen LogP contribution in [0.5, 0.6) is 11.5 Å².